The molecule has 1 aromatic carbocycles. The van der Waals surface area contributed by atoms with Crippen LogP contribution in [0.15, 0.2) is 46.8 Å². The van der Waals surface area contributed by atoms with E-state index in [0.29, 0.717) is 19.7 Å². The van der Waals surface area contributed by atoms with Crippen molar-refractivity contribution in [2.75, 3.05) is 18.7 Å². The first-order valence-electron chi connectivity index (χ1n) is 8.53. The molecule has 1 aliphatic rings. The SMILES string of the molecule is COCN1c2cc(Cn3cnc(C)c3CC=O)ccc2Sc2nccnc21. The van der Waals surface area contributed by atoms with E-state index in [9.17, 15) is 4.79 Å². The van der Waals surface area contributed by atoms with Crippen LogP contribution < -0.4 is 4.90 Å². The van der Waals surface area contributed by atoms with Crippen LogP contribution in [-0.2, 0) is 22.5 Å². The van der Waals surface area contributed by atoms with E-state index in [0.717, 1.165) is 44.7 Å². The molecule has 0 unspecified atom stereocenters. The second-order valence-corrected chi connectivity index (χ2v) is 7.24. The second kappa shape index (κ2) is 7.50. The molecule has 0 N–H and O–H groups in total. The molecular weight excluding hydrogens is 362 g/mol. The summed E-state index contributed by atoms with van der Waals surface area (Å²) in [7, 11) is 1.67. The molecule has 0 fully saturated rings. The number of carbonyl (C=O) groups excluding carboxylic acids is 1. The third-order valence-electron chi connectivity index (χ3n) is 4.47. The number of carbonyl (C=O) groups is 1. The summed E-state index contributed by atoms with van der Waals surface area (Å²) >= 11 is 1.61. The van der Waals surface area contributed by atoms with Crippen molar-refractivity contribution < 1.29 is 9.53 Å². The van der Waals surface area contributed by atoms with Gasteiger partial charge in [-0.2, -0.15) is 0 Å². The van der Waals surface area contributed by atoms with Crippen molar-refractivity contribution in [2.45, 2.75) is 29.8 Å². The highest BCUT2D eigenvalue weighted by Crippen LogP contribution is 2.46. The number of aryl methyl sites for hydroxylation is 1. The first kappa shape index (κ1) is 17.7. The van der Waals surface area contributed by atoms with E-state index in [2.05, 4.69) is 33.2 Å². The number of fused-ring (bicyclic) bond motifs is 2. The summed E-state index contributed by atoms with van der Waals surface area (Å²) in [5.41, 5.74) is 4.00. The lowest BCUT2D eigenvalue weighted by Crippen LogP contribution is -2.24. The molecule has 138 valence electrons. The van der Waals surface area contributed by atoms with E-state index in [1.807, 2.05) is 16.4 Å². The van der Waals surface area contributed by atoms with Gasteiger partial charge in [0.2, 0.25) is 0 Å². The lowest BCUT2D eigenvalue weighted by atomic mass is 10.1. The maximum absolute atomic E-state index is 11.0. The molecule has 1 aliphatic heterocycles. The third kappa shape index (κ3) is 3.33. The van der Waals surface area contributed by atoms with Gasteiger partial charge in [0, 0.05) is 43.1 Å². The van der Waals surface area contributed by atoms with E-state index < -0.39 is 0 Å². The summed E-state index contributed by atoms with van der Waals surface area (Å²) in [5.74, 6) is 0.800. The Labute approximate surface area is 161 Å². The molecule has 8 heteroatoms. The average Bonchev–Trinajstić information content (AvgIpc) is 3.02. The van der Waals surface area contributed by atoms with Crippen LogP contribution in [0.5, 0.6) is 0 Å². The van der Waals surface area contributed by atoms with Crippen LogP contribution in [0.25, 0.3) is 0 Å². The second-order valence-electron chi connectivity index (χ2n) is 6.21. The molecule has 0 aliphatic carbocycles. The monoisotopic (exact) mass is 381 g/mol. The smallest absolute Gasteiger partial charge is 0.168 e. The molecule has 7 nitrogen and oxygen atoms in total. The van der Waals surface area contributed by atoms with Crippen LogP contribution >= 0.6 is 11.8 Å². The number of aldehydes is 1. The Hall–Kier alpha value is -2.71. The summed E-state index contributed by atoms with van der Waals surface area (Å²) in [6, 6.07) is 6.33. The van der Waals surface area contributed by atoms with Crippen LogP contribution in [-0.4, -0.2) is 39.6 Å². The number of rotatable bonds is 6. The highest BCUT2D eigenvalue weighted by atomic mass is 32.2. The third-order valence-corrected chi connectivity index (χ3v) is 5.51. The zero-order chi connectivity index (χ0) is 18.8. The van der Waals surface area contributed by atoms with Crippen molar-refractivity contribution in [3.8, 4) is 0 Å². The number of aromatic nitrogens is 4. The summed E-state index contributed by atoms with van der Waals surface area (Å²) in [5, 5.41) is 0.869. The maximum Gasteiger partial charge on any atom is 0.168 e. The molecule has 2 aromatic heterocycles. The van der Waals surface area contributed by atoms with Crippen LogP contribution in [0.2, 0.25) is 0 Å². The number of hydrogen-bond acceptors (Lipinski definition) is 7. The summed E-state index contributed by atoms with van der Waals surface area (Å²) < 4.78 is 7.43. The van der Waals surface area contributed by atoms with E-state index in [1.165, 1.54) is 0 Å². The standard InChI is InChI=1S/C19H19N5O2S/c1-13-15(5-8-25)23(11-22-13)10-14-3-4-17-16(9-14)24(12-26-2)18-19(27-17)21-7-6-20-18/h3-4,6-9,11H,5,10,12H2,1-2H3. The Balaban J connectivity index is 1.70. The van der Waals surface area contributed by atoms with Gasteiger partial charge in [-0.25, -0.2) is 15.0 Å². The molecular formula is C19H19N5O2S. The van der Waals surface area contributed by atoms with Crippen molar-refractivity contribution in [2.24, 2.45) is 0 Å². The highest BCUT2D eigenvalue weighted by molar-refractivity contribution is 7.99. The minimum atomic E-state index is 0.366. The minimum Gasteiger partial charge on any atom is -0.364 e. The largest absolute Gasteiger partial charge is 0.364 e. The molecule has 0 bridgehead atoms. The van der Waals surface area contributed by atoms with Crippen molar-refractivity contribution in [1.82, 2.24) is 19.5 Å². The van der Waals surface area contributed by atoms with Gasteiger partial charge in [0.25, 0.3) is 0 Å². The van der Waals surface area contributed by atoms with Gasteiger partial charge in [-0.15, -0.1) is 0 Å². The zero-order valence-corrected chi connectivity index (χ0v) is 15.9. The van der Waals surface area contributed by atoms with E-state index in [-0.39, 0.29) is 0 Å². The lowest BCUT2D eigenvalue weighted by Gasteiger charge is -2.30. The fraction of sp³-hybridized carbons (Fsp3) is 0.263. The van der Waals surface area contributed by atoms with Crippen molar-refractivity contribution in [1.29, 1.82) is 0 Å². The molecule has 3 aromatic rings. The van der Waals surface area contributed by atoms with E-state index in [4.69, 9.17) is 4.74 Å². The fourth-order valence-corrected chi connectivity index (χ4v) is 4.18. The van der Waals surface area contributed by atoms with Crippen LogP contribution in [0, 0.1) is 6.92 Å². The summed E-state index contributed by atoms with van der Waals surface area (Å²) in [6.07, 6.45) is 6.46. The number of anilines is 2. The normalized spacial score (nSPS) is 12.6. The highest BCUT2D eigenvalue weighted by Gasteiger charge is 2.25. The van der Waals surface area contributed by atoms with Gasteiger partial charge < -0.3 is 14.1 Å². The lowest BCUT2D eigenvalue weighted by molar-refractivity contribution is -0.107. The van der Waals surface area contributed by atoms with E-state index >= 15 is 0 Å². The predicted molar refractivity (Wildman–Crippen MR) is 102 cm³/mol. The van der Waals surface area contributed by atoms with E-state index in [1.54, 1.807) is 37.6 Å². The zero-order valence-electron chi connectivity index (χ0n) is 15.1. The number of nitrogens with zero attached hydrogens (tertiary/aromatic N) is 5. The Morgan fingerprint density at radius 1 is 1.22 bits per heavy atom. The van der Waals surface area contributed by atoms with Crippen molar-refractivity contribution in [3.63, 3.8) is 0 Å². The van der Waals surface area contributed by atoms with Gasteiger partial charge in [-0.05, 0) is 24.6 Å². The average molecular weight is 381 g/mol. The first-order valence-corrected chi connectivity index (χ1v) is 9.35. The molecule has 3 heterocycles. The fourth-order valence-electron chi connectivity index (χ4n) is 3.20. The molecule has 0 amide bonds. The van der Waals surface area contributed by atoms with Gasteiger partial charge >= 0.3 is 0 Å². The molecule has 0 saturated heterocycles. The predicted octanol–water partition coefficient (Wildman–Crippen LogP) is 2.98. The summed E-state index contributed by atoms with van der Waals surface area (Å²) in [6.45, 7) is 2.97. The molecule has 27 heavy (non-hydrogen) atoms. The van der Waals surface area contributed by atoms with Gasteiger partial charge in [-0.1, -0.05) is 17.8 Å². The minimum absolute atomic E-state index is 0.366. The number of hydrogen-bond donors (Lipinski definition) is 0. The quantitative estimate of drug-likeness (QED) is 0.608. The van der Waals surface area contributed by atoms with Gasteiger partial charge in [0.05, 0.1) is 17.7 Å². The summed E-state index contributed by atoms with van der Waals surface area (Å²) in [4.78, 5) is 27.4. The van der Waals surface area contributed by atoms with Crippen LogP contribution in [0.3, 0.4) is 0 Å². The van der Waals surface area contributed by atoms with Crippen molar-refractivity contribution in [3.05, 3.63) is 53.9 Å². The Morgan fingerprint density at radius 2 is 2.07 bits per heavy atom. The Morgan fingerprint density at radius 3 is 2.89 bits per heavy atom. The number of ether oxygens (including phenoxy) is 1. The van der Waals surface area contributed by atoms with Crippen LogP contribution in [0.4, 0.5) is 11.5 Å². The topological polar surface area (TPSA) is 73.1 Å². The van der Waals surface area contributed by atoms with Crippen LogP contribution in [0.1, 0.15) is 17.0 Å². The molecule has 0 saturated carbocycles. The van der Waals surface area contributed by atoms with Gasteiger partial charge in [-0.3, -0.25) is 4.90 Å². The Bertz CT molecular complexity index is 988. The number of imidazole rings is 1. The van der Waals surface area contributed by atoms with Gasteiger partial charge in [0.15, 0.2) is 5.82 Å². The van der Waals surface area contributed by atoms with Gasteiger partial charge in [0.1, 0.15) is 18.0 Å². The molecule has 0 radical (unpaired) electrons. The maximum atomic E-state index is 11.0. The first-order chi connectivity index (χ1) is 13.2. The molecule has 0 spiro atoms. The number of benzene rings is 1. The number of methoxy groups -OCH3 is 1. The Kier molecular flexibility index (Phi) is 4.91. The molecule has 0 atom stereocenters. The molecule has 4 rings (SSSR count). The van der Waals surface area contributed by atoms with Crippen molar-refractivity contribution >= 4 is 29.6 Å².